The van der Waals surface area contributed by atoms with Gasteiger partial charge in [-0.05, 0) is 50.2 Å². The van der Waals surface area contributed by atoms with Gasteiger partial charge >= 0.3 is 5.97 Å². The number of halogens is 1. The minimum Gasteiger partial charge on any atom is -0.478 e. The van der Waals surface area contributed by atoms with Crippen LogP contribution in [0.15, 0.2) is 109 Å². The average molecular weight is 542 g/mol. The molecule has 0 amide bonds. The van der Waals surface area contributed by atoms with Crippen molar-refractivity contribution in [2.24, 2.45) is 0 Å². The van der Waals surface area contributed by atoms with Gasteiger partial charge in [0.1, 0.15) is 0 Å². The lowest BCUT2D eigenvalue weighted by Crippen LogP contribution is -2.05. The monoisotopic (exact) mass is 542 g/mol. The van der Waals surface area contributed by atoms with E-state index in [4.69, 9.17) is 0 Å². The van der Waals surface area contributed by atoms with Gasteiger partial charge in [0.2, 0.25) is 0 Å². The molecule has 5 aromatic carbocycles. The van der Waals surface area contributed by atoms with Gasteiger partial charge in [0, 0.05) is 0 Å². The van der Waals surface area contributed by atoms with E-state index in [9.17, 15) is 13.0 Å². The minimum atomic E-state index is -1.74. The number of carboxylic acids is 1. The lowest BCUT2D eigenvalue weighted by Gasteiger charge is -2.18. The second kappa shape index (κ2) is 9.08. The van der Waals surface area contributed by atoms with Gasteiger partial charge in [-0.1, -0.05) is 103 Å². The lowest BCUT2D eigenvalue weighted by atomic mass is 9.87. The second-order valence-corrected chi connectivity index (χ2v) is 9.20. The van der Waals surface area contributed by atoms with E-state index in [1.54, 1.807) is 0 Å². The van der Waals surface area contributed by atoms with Crippen LogP contribution in [0.4, 0.5) is 0 Å². The molecule has 0 unspecified atom stereocenters. The zero-order valence-corrected chi connectivity index (χ0v) is 19.7. The van der Waals surface area contributed by atoms with Crippen molar-refractivity contribution in [1.29, 1.82) is 0 Å². The molecule has 160 valence electrons. The Balaban J connectivity index is 1.97. The van der Waals surface area contributed by atoms with Crippen molar-refractivity contribution in [2.75, 3.05) is 0 Å². The molecule has 0 aliphatic rings. The summed E-state index contributed by atoms with van der Waals surface area (Å²) in [6.07, 6.45) is 0. The van der Waals surface area contributed by atoms with E-state index in [1.807, 2.05) is 84.9 Å². The average Bonchev–Trinajstić information content (AvgIpc) is 2.88. The van der Waals surface area contributed by atoms with Gasteiger partial charge in [-0.25, -0.2) is 4.79 Å². The number of benzene rings is 5. The largest absolute Gasteiger partial charge is 0.478 e. The number of hydrogen-bond donors (Lipinski definition) is 1. The van der Waals surface area contributed by atoms with Crippen molar-refractivity contribution < 1.29 is 13.0 Å². The second-order valence-electron chi connectivity index (χ2n) is 7.68. The summed E-state index contributed by atoms with van der Waals surface area (Å²) in [6.45, 7) is 0. The summed E-state index contributed by atoms with van der Waals surface area (Å²) >= 11 is -1.74. The third-order valence-electron chi connectivity index (χ3n) is 5.78. The number of fused-ring (bicyclic) bond motifs is 1. The van der Waals surface area contributed by atoms with E-state index < -0.39 is 27.2 Å². The van der Waals surface area contributed by atoms with Gasteiger partial charge in [0.15, 0.2) is 21.2 Å². The van der Waals surface area contributed by atoms with Gasteiger partial charge in [0.25, 0.3) is 0 Å². The predicted molar refractivity (Wildman–Crippen MR) is 141 cm³/mol. The van der Waals surface area contributed by atoms with Crippen LogP contribution in [-0.2, 0) is 3.07 Å². The van der Waals surface area contributed by atoms with Gasteiger partial charge in [-0.2, -0.15) is 0 Å². The standard InChI is InChI=1S/C29H19IO3/c31-29(32)27-24(20-12-6-2-7-13-20)18-25-23(28(27)30-33)17-16-22(19-10-4-1-5-11-19)26(25)21-14-8-3-9-15-21/h1-18H,(H,31,32). The molecule has 3 nitrogen and oxygen atoms in total. The van der Waals surface area contributed by atoms with E-state index in [1.165, 1.54) is 0 Å². The molecule has 0 aliphatic carbocycles. The summed E-state index contributed by atoms with van der Waals surface area (Å²) in [5.74, 6) is -1.06. The summed E-state index contributed by atoms with van der Waals surface area (Å²) in [5.41, 5.74) is 5.66. The summed E-state index contributed by atoms with van der Waals surface area (Å²) < 4.78 is 12.9. The highest BCUT2D eigenvalue weighted by Gasteiger charge is 2.23. The third-order valence-corrected chi connectivity index (χ3v) is 7.34. The SMILES string of the molecule is O=Ic1c(C(=O)O)c(-c2ccccc2)cc2c(-c3ccccc3)c(-c3ccccc3)ccc12. The number of carboxylic acid groups (broad SMARTS) is 1. The Labute approximate surface area is 202 Å². The van der Waals surface area contributed by atoms with Crippen LogP contribution in [0.25, 0.3) is 44.2 Å². The van der Waals surface area contributed by atoms with E-state index in [0.29, 0.717) is 9.13 Å². The molecule has 0 saturated carbocycles. The Morgan fingerprint density at radius 2 is 1.12 bits per heavy atom. The van der Waals surface area contributed by atoms with E-state index in [-0.39, 0.29) is 5.56 Å². The highest BCUT2D eigenvalue weighted by atomic mass is 127. The lowest BCUT2D eigenvalue weighted by molar-refractivity contribution is 0.0696. The summed E-state index contributed by atoms with van der Waals surface area (Å²) in [4.78, 5) is 12.3. The van der Waals surface area contributed by atoms with Crippen LogP contribution >= 0.6 is 21.2 Å². The Kier molecular flexibility index (Phi) is 5.84. The molecule has 0 aromatic heterocycles. The molecule has 4 heteroatoms. The maximum Gasteiger partial charge on any atom is 0.337 e. The zero-order valence-electron chi connectivity index (χ0n) is 17.5. The number of hydrogen-bond acceptors (Lipinski definition) is 2. The van der Waals surface area contributed by atoms with Crippen molar-refractivity contribution >= 4 is 37.9 Å². The smallest absolute Gasteiger partial charge is 0.337 e. The highest BCUT2D eigenvalue weighted by Crippen LogP contribution is 2.43. The van der Waals surface area contributed by atoms with Gasteiger partial charge in [-0.3, -0.25) is 3.07 Å². The first-order valence-electron chi connectivity index (χ1n) is 10.5. The molecule has 0 atom stereocenters. The van der Waals surface area contributed by atoms with E-state index >= 15 is 0 Å². The molecule has 33 heavy (non-hydrogen) atoms. The first-order chi connectivity index (χ1) is 16.2. The molecule has 5 aromatic rings. The topological polar surface area (TPSA) is 54.4 Å². The molecule has 5 rings (SSSR count). The molecule has 0 bridgehead atoms. The predicted octanol–water partition coefficient (Wildman–Crippen LogP) is 8.02. The van der Waals surface area contributed by atoms with Crippen LogP contribution in [0.3, 0.4) is 0 Å². The van der Waals surface area contributed by atoms with Crippen molar-refractivity contribution in [1.82, 2.24) is 0 Å². The molecule has 0 radical (unpaired) electrons. The fourth-order valence-corrected chi connectivity index (χ4v) is 5.79. The summed E-state index contributed by atoms with van der Waals surface area (Å²) in [7, 11) is 0. The van der Waals surface area contributed by atoms with Crippen molar-refractivity contribution in [3.05, 3.63) is 118 Å². The van der Waals surface area contributed by atoms with Crippen LogP contribution in [0.1, 0.15) is 10.4 Å². The maximum absolute atomic E-state index is 12.5. The molecule has 0 heterocycles. The fourth-order valence-electron chi connectivity index (χ4n) is 4.34. The first kappa shape index (κ1) is 21.2. The summed E-state index contributed by atoms with van der Waals surface area (Å²) in [5, 5.41) is 11.7. The van der Waals surface area contributed by atoms with Gasteiger partial charge < -0.3 is 5.11 Å². The molecule has 1 N–H and O–H groups in total. The van der Waals surface area contributed by atoms with Crippen LogP contribution in [0.5, 0.6) is 0 Å². The Morgan fingerprint density at radius 3 is 1.64 bits per heavy atom. The molecule has 0 saturated heterocycles. The zero-order chi connectivity index (χ0) is 22.8. The van der Waals surface area contributed by atoms with E-state index in [0.717, 1.165) is 38.6 Å². The maximum atomic E-state index is 12.5. The van der Waals surface area contributed by atoms with E-state index in [2.05, 4.69) is 24.3 Å². The molecular formula is C29H19IO3. The molecule has 0 fully saturated rings. The van der Waals surface area contributed by atoms with Gasteiger partial charge in [-0.15, -0.1) is 0 Å². The Hall–Kier alpha value is -3.64. The quantitative estimate of drug-likeness (QED) is 0.229. The normalized spacial score (nSPS) is 10.9. The summed E-state index contributed by atoms with van der Waals surface area (Å²) in [6, 6.07) is 35.5. The van der Waals surface area contributed by atoms with Crippen LogP contribution in [-0.4, -0.2) is 11.1 Å². The fraction of sp³-hybridized carbons (Fsp3) is 0. The van der Waals surface area contributed by atoms with Crippen LogP contribution in [0.2, 0.25) is 0 Å². The third kappa shape index (κ3) is 3.87. The first-order valence-corrected chi connectivity index (χ1v) is 12.5. The molecular weight excluding hydrogens is 523 g/mol. The van der Waals surface area contributed by atoms with Gasteiger partial charge in [0.05, 0.1) is 9.13 Å². The molecule has 0 aliphatic heterocycles. The number of aromatic carboxylic acids is 1. The van der Waals surface area contributed by atoms with Crippen molar-refractivity contribution in [3.63, 3.8) is 0 Å². The number of rotatable bonds is 5. The Bertz CT molecular complexity index is 1480. The highest BCUT2D eigenvalue weighted by molar-refractivity contribution is 14.1. The van der Waals surface area contributed by atoms with Crippen LogP contribution < -0.4 is 0 Å². The van der Waals surface area contributed by atoms with Crippen LogP contribution in [0, 0.1) is 3.57 Å². The van der Waals surface area contributed by atoms with Crippen molar-refractivity contribution in [3.8, 4) is 33.4 Å². The Morgan fingerprint density at radius 1 is 0.606 bits per heavy atom. The minimum absolute atomic E-state index is 0.128. The van der Waals surface area contributed by atoms with Crippen molar-refractivity contribution in [2.45, 2.75) is 0 Å². The number of carbonyl (C=O) groups is 1. The molecule has 0 spiro atoms.